The number of hydrogen-bond acceptors (Lipinski definition) is 5. The molecule has 0 aromatic rings. The molecule has 7 heteroatoms. The first-order valence-corrected chi connectivity index (χ1v) is 7.71. The van der Waals surface area contributed by atoms with Crippen molar-refractivity contribution in [3.63, 3.8) is 0 Å². The molecule has 3 N–H and O–H groups in total. The molecule has 22 heavy (non-hydrogen) atoms. The van der Waals surface area contributed by atoms with Crippen molar-refractivity contribution < 1.29 is 24.5 Å². The van der Waals surface area contributed by atoms with E-state index < -0.39 is 11.9 Å². The summed E-state index contributed by atoms with van der Waals surface area (Å²) < 4.78 is 5.33. The molecular weight excluding hydrogens is 288 g/mol. The summed E-state index contributed by atoms with van der Waals surface area (Å²) in [6.45, 7) is 7.52. The maximum absolute atomic E-state index is 9.10. The Hall–Kier alpha value is -1.44. The fourth-order valence-electron chi connectivity index (χ4n) is 2.41. The van der Waals surface area contributed by atoms with Crippen LogP contribution in [0.2, 0.25) is 0 Å². The zero-order chi connectivity index (χ0) is 16.2. The van der Waals surface area contributed by atoms with Crippen LogP contribution in [0, 0.1) is 5.92 Å². The molecule has 0 bridgehead atoms. The van der Waals surface area contributed by atoms with Gasteiger partial charge in [0, 0.05) is 26.2 Å². The van der Waals surface area contributed by atoms with Crippen LogP contribution in [0.1, 0.15) is 19.3 Å². The van der Waals surface area contributed by atoms with Crippen molar-refractivity contribution >= 4 is 11.9 Å². The number of carbonyl (C=O) groups is 2. The van der Waals surface area contributed by atoms with Gasteiger partial charge in [-0.05, 0) is 31.7 Å². The third-order valence-electron chi connectivity index (χ3n) is 3.70. The molecule has 0 amide bonds. The predicted molar refractivity (Wildman–Crippen MR) is 81.9 cm³/mol. The second-order valence-corrected chi connectivity index (χ2v) is 5.42. The molecule has 1 aliphatic heterocycles. The van der Waals surface area contributed by atoms with E-state index in [1.807, 2.05) is 0 Å². The number of hydrogen-bond donors (Lipinski definition) is 3. The Labute approximate surface area is 130 Å². The van der Waals surface area contributed by atoms with Gasteiger partial charge in [0.2, 0.25) is 0 Å². The summed E-state index contributed by atoms with van der Waals surface area (Å²) in [5.41, 5.74) is 0. The van der Waals surface area contributed by atoms with Gasteiger partial charge in [0.25, 0.3) is 0 Å². The van der Waals surface area contributed by atoms with E-state index in [1.54, 1.807) is 0 Å². The van der Waals surface area contributed by atoms with Crippen LogP contribution < -0.4 is 5.32 Å². The second-order valence-electron chi connectivity index (χ2n) is 5.42. The lowest BCUT2D eigenvalue weighted by Crippen LogP contribution is -2.41. The maximum Gasteiger partial charge on any atom is 0.414 e. The molecule has 0 aromatic carbocycles. The maximum atomic E-state index is 9.10. The molecule has 1 saturated heterocycles. The van der Waals surface area contributed by atoms with Crippen LogP contribution in [-0.4, -0.2) is 73.0 Å². The predicted octanol–water partition coefficient (Wildman–Crippen LogP) is 0.420. The van der Waals surface area contributed by atoms with Gasteiger partial charge in [-0.3, -0.25) is 4.90 Å². The minimum absolute atomic E-state index is 0.870. The highest BCUT2D eigenvalue weighted by atomic mass is 16.5. The zero-order valence-corrected chi connectivity index (χ0v) is 12.9. The first kappa shape index (κ1) is 18.6. The molecule has 0 spiro atoms. The lowest BCUT2D eigenvalue weighted by atomic mass is 9.94. The number of aliphatic carboxylic acids is 2. The average Bonchev–Trinajstić information content (AvgIpc) is 2.54. The van der Waals surface area contributed by atoms with E-state index in [0.717, 1.165) is 38.8 Å². The van der Waals surface area contributed by atoms with E-state index in [4.69, 9.17) is 24.5 Å². The smallest absolute Gasteiger partial charge is 0.414 e. The Bertz CT molecular complexity index is 355. The van der Waals surface area contributed by atoms with Crippen LogP contribution in [0.3, 0.4) is 0 Å². The van der Waals surface area contributed by atoms with Gasteiger partial charge in [-0.25, -0.2) is 9.59 Å². The van der Waals surface area contributed by atoms with Gasteiger partial charge in [0.1, 0.15) is 0 Å². The molecule has 1 atom stereocenters. The molecule has 7 nitrogen and oxygen atoms in total. The summed E-state index contributed by atoms with van der Waals surface area (Å²) in [5.74, 6) is -2.78. The van der Waals surface area contributed by atoms with Crippen LogP contribution >= 0.6 is 0 Å². The van der Waals surface area contributed by atoms with Crippen LogP contribution in [0.4, 0.5) is 0 Å². The highest BCUT2D eigenvalue weighted by Crippen LogP contribution is 2.16. The molecule has 1 aliphatic carbocycles. The number of carboxylic acid groups (broad SMARTS) is 2. The number of nitrogens with one attached hydrogen (secondary N) is 1. The van der Waals surface area contributed by atoms with E-state index in [9.17, 15) is 0 Å². The van der Waals surface area contributed by atoms with Crippen molar-refractivity contribution in [2.45, 2.75) is 19.3 Å². The number of nitrogens with zero attached hydrogens (tertiary/aromatic N) is 1. The van der Waals surface area contributed by atoms with Crippen molar-refractivity contribution in [3.05, 3.63) is 12.2 Å². The summed E-state index contributed by atoms with van der Waals surface area (Å²) in [4.78, 5) is 20.7. The van der Waals surface area contributed by atoms with Crippen LogP contribution in [0.15, 0.2) is 12.2 Å². The summed E-state index contributed by atoms with van der Waals surface area (Å²) >= 11 is 0. The number of allylic oxidation sites excluding steroid dienone is 2. The molecule has 2 aliphatic rings. The molecule has 1 fully saturated rings. The van der Waals surface area contributed by atoms with E-state index in [2.05, 4.69) is 22.4 Å². The Kier molecular flexibility index (Phi) is 9.45. The van der Waals surface area contributed by atoms with Crippen molar-refractivity contribution in [2.24, 2.45) is 5.92 Å². The SMILES string of the molecule is C1=CCC(CNCCN2CCOCC2)CC1.O=C(O)C(=O)O. The quantitative estimate of drug-likeness (QED) is 0.384. The van der Waals surface area contributed by atoms with Crippen molar-refractivity contribution in [2.75, 3.05) is 45.9 Å². The van der Waals surface area contributed by atoms with Gasteiger partial charge in [-0.2, -0.15) is 0 Å². The van der Waals surface area contributed by atoms with Crippen molar-refractivity contribution in [1.82, 2.24) is 10.2 Å². The third-order valence-corrected chi connectivity index (χ3v) is 3.70. The molecule has 2 rings (SSSR count). The number of morpholine rings is 1. The highest BCUT2D eigenvalue weighted by Gasteiger charge is 2.11. The minimum atomic E-state index is -1.82. The summed E-state index contributed by atoms with van der Waals surface area (Å²) in [6, 6.07) is 0. The summed E-state index contributed by atoms with van der Waals surface area (Å²) in [5, 5.41) is 18.4. The van der Waals surface area contributed by atoms with Gasteiger partial charge in [-0.1, -0.05) is 12.2 Å². The number of carboxylic acids is 2. The molecule has 1 heterocycles. The molecule has 126 valence electrons. The van der Waals surface area contributed by atoms with E-state index >= 15 is 0 Å². The fraction of sp³-hybridized carbons (Fsp3) is 0.733. The second kappa shape index (κ2) is 11.2. The topological polar surface area (TPSA) is 99.1 Å². The summed E-state index contributed by atoms with van der Waals surface area (Å²) in [6.07, 6.45) is 8.55. The Morgan fingerprint density at radius 2 is 1.86 bits per heavy atom. The van der Waals surface area contributed by atoms with Gasteiger partial charge >= 0.3 is 11.9 Å². The van der Waals surface area contributed by atoms with E-state index in [0.29, 0.717) is 0 Å². The zero-order valence-electron chi connectivity index (χ0n) is 12.9. The monoisotopic (exact) mass is 314 g/mol. The minimum Gasteiger partial charge on any atom is -0.473 e. The molecule has 0 radical (unpaired) electrons. The first-order valence-electron chi connectivity index (χ1n) is 7.71. The first-order chi connectivity index (χ1) is 10.6. The van der Waals surface area contributed by atoms with Crippen LogP contribution in [0.5, 0.6) is 0 Å². The standard InChI is InChI=1S/C13H24N2O.C2H2O4/c1-2-4-13(5-3-1)12-14-6-7-15-8-10-16-11-9-15;3-1(4)2(5)6/h1-2,13-14H,3-12H2;(H,3,4)(H,5,6). The van der Waals surface area contributed by atoms with Crippen molar-refractivity contribution in [3.8, 4) is 0 Å². The van der Waals surface area contributed by atoms with Crippen LogP contribution in [0.25, 0.3) is 0 Å². The van der Waals surface area contributed by atoms with E-state index in [-0.39, 0.29) is 0 Å². The molecule has 0 aromatic heterocycles. The van der Waals surface area contributed by atoms with Gasteiger partial charge in [-0.15, -0.1) is 0 Å². The lowest BCUT2D eigenvalue weighted by Gasteiger charge is -2.27. The normalized spacial score (nSPS) is 21.7. The van der Waals surface area contributed by atoms with Gasteiger partial charge < -0.3 is 20.3 Å². The highest BCUT2D eigenvalue weighted by molar-refractivity contribution is 6.27. The Morgan fingerprint density at radius 3 is 2.41 bits per heavy atom. The van der Waals surface area contributed by atoms with Crippen molar-refractivity contribution in [1.29, 1.82) is 0 Å². The lowest BCUT2D eigenvalue weighted by molar-refractivity contribution is -0.159. The third kappa shape index (κ3) is 8.76. The molecule has 0 saturated carbocycles. The average molecular weight is 314 g/mol. The fourth-order valence-corrected chi connectivity index (χ4v) is 2.41. The Balaban J connectivity index is 0.000000346. The van der Waals surface area contributed by atoms with Gasteiger partial charge in [0.05, 0.1) is 13.2 Å². The molecule has 1 unspecified atom stereocenters. The van der Waals surface area contributed by atoms with Gasteiger partial charge in [0.15, 0.2) is 0 Å². The summed E-state index contributed by atoms with van der Waals surface area (Å²) in [7, 11) is 0. The molecular formula is C15H26N2O5. The Morgan fingerprint density at radius 1 is 1.18 bits per heavy atom. The number of rotatable bonds is 5. The van der Waals surface area contributed by atoms with Crippen LogP contribution in [-0.2, 0) is 14.3 Å². The van der Waals surface area contributed by atoms with E-state index in [1.165, 1.54) is 32.4 Å². The number of ether oxygens (including phenoxy) is 1. The largest absolute Gasteiger partial charge is 0.473 e.